The Morgan fingerprint density at radius 2 is 1.88 bits per heavy atom. The van der Waals surface area contributed by atoms with Crippen molar-refractivity contribution in [2.75, 3.05) is 12.8 Å². The van der Waals surface area contributed by atoms with Crippen molar-refractivity contribution in [2.24, 2.45) is 0 Å². The second kappa shape index (κ2) is 9.83. The Balaban J connectivity index is 1.25. The second-order valence-corrected chi connectivity index (χ2v) is 10.5. The van der Waals surface area contributed by atoms with E-state index in [0.29, 0.717) is 18.1 Å². The first-order valence-corrected chi connectivity index (χ1v) is 13.5. The van der Waals surface area contributed by atoms with Crippen LogP contribution in [0.4, 0.5) is 5.82 Å². The molecule has 40 heavy (non-hydrogen) atoms. The highest BCUT2D eigenvalue weighted by Crippen LogP contribution is 2.45. The first kappa shape index (κ1) is 24.4. The average molecular weight is 536 g/mol. The molecule has 202 valence electrons. The molecule has 5 aromatic rings. The van der Waals surface area contributed by atoms with Crippen LogP contribution in [0.3, 0.4) is 0 Å². The molecule has 11 heteroatoms. The molecule has 2 bridgehead atoms. The van der Waals surface area contributed by atoms with Crippen LogP contribution in [0.1, 0.15) is 53.5 Å². The van der Waals surface area contributed by atoms with Gasteiger partial charge in [0.1, 0.15) is 12.1 Å². The normalized spacial score (nSPS) is 20.3. The molecule has 0 radical (unpaired) electrons. The van der Waals surface area contributed by atoms with Gasteiger partial charge in [-0.1, -0.05) is 36.4 Å². The van der Waals surface area contributed by atoms with Crippen molar-refractivity contribution in [1.82, 2.24) is 39.7 Å². The Morgan fingerprint density at radius 1 is 1.07 bits per heavy atom. The number of ether oxygens (including phenoxy) is 1. The third-order valence-electron chi connectivity index (χ3n) is 8.22. The van der Waals surface area contributed by atoms with Gasteiger partial charge in [-0.25, -0.2) is 4.98 Å². The number of nitrogens with one attached hydrogen (secondary N) is 1. The van der Waals surface area contributed by atoms with E-state index in [-0.39, 0.29) is 29.7 Å². The van der Waals surface area contributed by atoms with E-state index in [4.69, 9.17) is 20.4 Å². The summed E-state index contributed by atoms with van der Waals surface area (Å²) in [5.74, 6) is 0.854. The number of carbonyl (C=O) groups excluding carboxylic acids is 1. The van der Waals surface area contributed by atoms with E-state index in [2.05, 4.69) is 20.3 Å². The molecule has 0 aliphatic carbocycles. The van der Waals surface area contributed by atoms with Crippen molar-refractivity contribution in [1.29, 1.82) is 0 Å². The number of benzene rings is 1. The number of amides is 1. The summed E-state index contributed by atoms with van der Waals surface area (Å²) in [5.41, 5.74) is 12.9. The van der Waals surface area contributed by atoms with E-state index in [1.54, 1.807) is 17.8 Å². The minimum atomic E-state index is -0.0898. The van der Waals surface area contributed by atoms with Gasteiger partial charge in [0.2, 0.25) is 5.82 Å². The van der Waals surface area contributed by atoms with E-state index in [9.17, 15) is 4.79 Å². The van der Waals surface area contributed by atoms with Crippen LogP contribution >= 0.6 is 0 Å². The fraction of sp³-hybridized carbons (Fsp3) is 0.310. The van der Waals surface area contributed by atoms with Crippen LogP contribution in [0.25, 0.3) is 28.0 Å². The third-order valence-corrected chi connectivity index (χ3v) is 8.22. The molecule has 4 aromatic heterocycles. The number of H-pyrrole nitrogens is 1. The van der Waals surface area contributed by atoms with Gasteiger partial charge in [-0.05, 0) is 31.7 Å². The lowest BCUT2D eigenvalue weighted by molar-refractivity contribution is 0.0556. The monoisotopic (exact) mass is 535 g/mol. The average Bonchev–Trinajstić information content (AvgIpc) is 3.73. The molecule has 0 spiro atoms. The Labute approximate surface area is 230 Å². The third kappa shape index (κ3) is 4.01. The van der Waals surface area contributed by atoms with E-state index >= 15 is 0 Å². The maximum Gasteiger partial charge on any atom is 0.292 e. The summed E-state index contributed by atoms with van der Waals surface area (Å²) >= 11 is 0. The number of pyridine rings is 1. The molecule has 2 saturated heterocycles. The summed E-state index contributed by atoms with van der Waals surface area (Å²) in [6, 6.07) is 14.3. The highest BCUT2D eigenvalue weighted by molar-refractivity contribution is 5.91. The van der Waals surface area contributed by atoms with E-state index in [1.165, 1.54) is 6.33 Å². The number of hydrogen-bond acceptors (Lipinski definition) is 8. The predicted octanol–water partition coefficient (Wildman–Crippen LogP) is 3.86. The standard InChI is InChI=1S/C29H29N9O2/c1-40-15-23-25(19-11-20-8-9-21(12-19)37(20)29(39)27-32-16-33-36-27)35-28-22(14-34-38(28)26(23)30)18-7-10-24(31-13-18)17-5-3-2-4-6-17/h2-7,10,13-14,16,19-21H,8-9,11-12,15,30H2,1H3,(H,32,33,36)/t19?,20-,21?/m1/s1. The van der Waals surface area contributed by atoms with Crippen molar-refractivity contribution in [2.45, 2.75) is 50.3 Å². The molecule has 1 amide bonds. The number of carbonyl (C=O) groups is 1. The first-order chi connectivity index (χ1) is 19.6. The van der Waals surface area contributed by atoms with Gasteiger partial charge in [-0.2, -0.15) is 9.61 Å². The molecule has 2 aliphatic heterocycles. The lowest BCUT2D eigenvalue weighted by Crippen LogP contribution is -2.46. The Hall–Kier alpha value is -4.64. The van der Waals surface area contributed by atoms with Gasteiger partial charge in [-0.15, -0.1) is 10.2 Å². The van der Waals surface area contributed by atoms with Crippen LogP contribution in [0.2, 0.25) is 0 Å². The fourth-order valence-electron chi connectivity index (χ4n) is 6.40. The van der Waals surface area contributed by atoms with E-state index < -0.39 is 0 Å². The van der Waals surface area contributed by atoms with Crippen molar-refractivity contribution in [3.8, 4) is 22.4 Å². The maximum absolute atomic E-state index is 13.2. The zero-order valence-corrected chi connectivity index (χ0v) is 22.1. The van der Waals surface area contributed by atoms with Crippen LogP contribution < -0.4 is 5.73 Å². The summed E-state index contributed by atoms with van der Waals surface area (Å²) in [4.78, 5) is 27.9. The zero-order valence-electron chi connectivity index (χ0n) is 22.1. The van der Waals surface area contributed by atoms with Gasteiger partial charge in [0.15, 0.2) is 5.65 Å². The van der Waals surface area contributed by atoms with Crippen molar-refractivity contribution in [3.05, 3.63) is 78.3 Å². The molecule has 2 fully saturated rings. The maximum atomic E-state index is 13.2. The SMILES string of the molecule is COCc1c(C2CC3CC[C@H](C2)N3C(=O)c2nnc[nH]2)nc2c(-c3ccc(-c4ccccc4)nc3)cnn2c1N. The number of methoxy groups -OCH3 is 1. The van der Waals surface area contributed by atoms with E-state index in [1.807, 2.05) is 53.6 Å². The highest BCUT2D eigenvalue weighted by Gasteiger charge is 2.45. The van der Waals surface area contributed by atoms with Crippen molar-refractivity contribution in [3.63, 3.8) is 0 Å². The van der Waals surface area contributed by atoms with Crippen LogP contribution in [0.15, 0.2) is 61.2 Å². The molecule has 11 nitrogen and oxygen atoms in total. The predicted molar refractivity (Wildman–Crippen MR) is 148 cm³/mol. The minimum absolute atomic E-state index is 0.0898. The number of fused-ring (bicyclic) bond motifs is 3. The summed E-state index contributed by atoms with van der Waals surface area (Å²) in [7, 11) is 1.66. The Kier molecular flexibility index (Phi) is 6.00. The topological polar surface area (TPSA) is 140 Å². The van der Waals surface area contributed by atoms with E-state index in [0.717, 1.165) is 59.3 Å². The van der Waals surface area contributed by atoms with Gasteiger partial charge in [-0.3, -0.25) is 9.78 Å². The number of anilines is 1. The van der Waals surface area contributed by atoms with Crippen molar-refractivity contribution < 1.29 is 9.53 Å². The summed E-state index contributed by atoms with van der Waals surface area (Å²) in [6.45, 7) is 0.333. The number of nitrogens with two attached hydrogens (primary N) is 1. The highest BCUT2D eigenvalue weighted by atomic mass is 16.5. The molecule has 2 unspecified atom stereocenters. The lowest BCUT2D eigenvalue weighted by atomic mass is 9.86. The molecular weight excluding hydrogens is 506 g/mol. The van der Waals surface area contributed by atoms with Crippen LogP contribution in [-0.2, 0) is 11.3 Å². The summed E-state index contributed by atoms with van der Waals surface area (Å²) in [6.07, 6.45) is 8.59. The molecule has 7 rings (SSSR count). The molecule has 2 aliphatic rings. The molecular formula is C29H29N9O2. The number of nitrogens with zero attached hydrogens (tertiary/aromatic N) is 7. The summed E-state index contributed by atoms with van der Waals surface area (Å²) < 4.78 is 7.25. The Bertz CT molecular complexity index is 1650. The van der Waals surface area contributed by atoms with Crippen molar-refractivity contribution >= 4 is 17.4 Å². The summed E-state index contributed by atoms with van der Waals surface area (Å²) in [5, 5.41) is 12.3. The number of aromatic nitrogens is 7. The smallest absolute Gasteiger partial charge is 0.292 e. The van der Waals surface area contributed by atoms with Gasteiger partial charge in [0.25, 0.3) is 5.91 Å². The number of hydrogen-bond donors (Lipinski definition) is 2. The molecule has 6 heterocycles. The minimum Gasteiger partial charge on any atom is -0.383 e. The number of rotatable bonds is 6. The first-order valence-electron chi connectivity index (χ1n) is 13.5. The van der Waals surface area contributed by atoms with Crippen LogP contribution in [0, 0.1) is 0 Å². The van der Waals surface area contributed by atoms with Gasteiger partial charge < -0.3 is 20.4 Å². The Morgan fingerprint density at radius 3 is 2.55 bits per heavy atom. The van der Waals surface area contributed by atoms with Crippen LogP contribution in [0.5, 0.6) is 0 Å². The largest absolute Gasteiger partial charge is 0.383 e. The fourth-order valence-corrected chi connectivity index (χ4v) is 6.40. The molecule has 3 atom stereocenters. The molecule has 3 N–H and O–H groups in total. The van der Waals surface area contributed by atoms with Gasteiger partial charge in [0, 0.05) is 53.6 Å². The lowest BCUT2D eigenvalue weighted by Gasteiger charge is -2.38. The van der Waals surface area contributed by atoms with Gasteiger partial charge in [0.05, 0.1) is 24.2 Å². The second-order valence-electron chi connectivity index (χ2n) is 10.5. The van der Waals surface area contributed by atoms with Crippen LogP contribution in [-0.4, -0.2) is 64.8 Å². The number of aromatic amines is 1. The molecule has 1 aromatic carbocycles. The quantitative estimate of drug-likeness (QED) is 0.334. The van der Waals surface area contributed by atoms with Gasteiger partial charge >= 0.3 is 0 Å². The number of piperidine rings is 1. The zero-order chi connectivity index (χ0) is 27.2. The molecule has 0 saturated carbocycles. The number of nitrogen functional groups attached to an aromatic ring is 1.